The Hall–Kier alpha value is -3.74. The van der Waals surface area contributed by atoms with Gasteiger partial charge in [0.2, 0.25) is 0 Å². The van der Waals surface area contributed by atoms with E-state index in [0.29, 0.717) is 16.5 Å². The van der Waals surface area contributed by atoms with Crippen molar-refractivity contribution in [3.8, 4) is 5.75 Å². The Labute approximate surface area is 208 Å². The fraction of sp³-hybridized carbons (Fsp3) is 0.320. The van der Waals surface area contributed by atoms with Crippen LogP contribution in [0.3, 0.4) is 0 Å². The van der Waals surface area contributed by atoms with Crippen molar-refractivity contribution in [2.24, 2.45) is 0 Å². The van der Waals surface area contributed by atoms with Crippen LogP contribution < -0.4 is 16.0 Å². The van der Waals surface area contributed by atoms with Crippen LogP contribution in [0, 0.1) is 0 Å². The summed E-state index contributed by atoms with van der Waals surface area (Å²) in [5, 5.41) is 9.76. The van der Waals surface area contributed by atoms with Gasteiger partial charge in [0.05, 0.1) is 26.4 Å². The molecule has 0 radical (unpaired) electrons. The molecule has 0 amide bonds. The number of carbonyl (C=O) groups is 1. The molecule has 12 heteroatoms. The number of nitrogens with zero attached hydrogens (tertiary/aromatic N) is 2. The number of methoxy groups -OCH3 is 1. The van der Waals surface area contributed by atoms with E-state index in [9.17, 15) is 32.7 Å². The van der Waals surface area contributed by atoms with E-state index in [0.717, 1.165) is 5.56 Å². The van der Waals surface area contributed by atoms with E-state index in [2.05, 4.69) is 0 Å². The van der Waals surface area contributed by atoms with Crippen LogP contribution in [0.4, 0.5) is 13.2 Å². The minimum Gasteiger partial charge on any atom is -0.497 e. The molecular formula is C25H23F3N2O7. The van der Waals surface area contributed by atoms with Gasteiger partial charge in [-0.3, -0.25) is 14.2 Å². The first-order valence-electron chi connectivity index (χ1n) is 11.2. The number of benzene rings is 2. The fourth-order valence-corrected chi connectivity index (χ4v) is 4.00. The van der Waals surface area contributed by atoms with Gasteiger partial charge in [-0.25, -0.2) is 4.79 Å². The van der Waals surface area contributed by atoms with Crippen LogP contribution in [0.5, 0.6) is 5.75 Å². The quantitative estimate of drug-likeness (QED) is 0.510. The van der Waals surface area contributed by atoms with Crippen LogP contribution in [0.15, 0.2) is 70.4 Å². The summed E-state index contributed by atoms with van der Waals surface area (Å²) in [7, 11) is 1.52. The molecule has 0 aliphatic carbocycles. The predicted molar refractivity (Wildman–Crippen MR) is 123 cm³/mol. The van der Waals surface area contributed by atoms with Crippen LogP contribution in [0.25, 0.3) is 0 Å². The number of aromatic nitrogens is 2. The number of aliphatic hydroxyl groups is 1. The van der Waals surface area contributed by atoms with E-state index in [1.54, 1.807) is 30.3 Å². The summed E-state index contributed by atoms with van der Waals surface area (Å²) < 4.78 is 58.2. The van der Waals surface area contributed by atoms with Crippen molar-refractivity contribution in [1.29, 1.82) is 0 Å². The van der Waals surface area contributed by atoms with Gasteiger partial charge in [-0.1, -0.05) is 30.3 Å². The van der Waals surface area contributed by atoms with Crippen molar-refractivity contribution in [1.82, 2.24) is 9.13 Å². The second kappa shape index (κ2) is 10.7. The molecule has 0 spiro atoms. The summed E-state index contributed by atoms with van der Waals surface area (Å²) in [6.07, 6.45) is -8.01. The van der Waals surface area contributed by atoms with Crippen LogP contribution in [0.1, 0.15) is 34.1 Å². The average Bonchev–Trinajstić information content (AvgIpc) is 3.30. The van der Waals surface area contributed by atoms with Gasteiger partial charge in [-0.15, -0.1) is 0 Å². The molecule has 1 N–H and O–H groups in total. The Morgan fingerprint density at radius 3 is 2.38 bits per heavy atom. The Morgan fingerprint density at radius 2 is 1.78 bits per heavy atom. The molecule has 3 atom stereocenters. The summed E-state index contributed by atoms with van der Waals surface area (Å²) in [4.78, 5) is 38.6. The summed E-state index contributed by atoms with van der Waals surface area (Å²) in [6, 6.07) is 14.0. The third-order valence-corrected chi connectivity index (χ3v) is 5.94. The lowest BCUT2D eigenvalue weighted by molar-refractivity contribution is -0.139. The lowest BCUT2D eigenvalue weighted by Crippen LogP contribution is -2.47. The zero-order valence-corrected chi connectivity index (χ0v) is 19.6. The molecule has 1 aliphatic heterocycles. The van der Waals surface area contributed by atoms with E-state index in [1.807, 2.05) is 0 Å². The molecule has 196 valence electrons. The number of hydrogen-bond donors (Lipinski definition) is 1. The van der Waals surface area contributed by atoms with E-state index in [-0.39, 0.29) is 23.2 Å². The third kappa shape index (κ3) is 5.50. The van der Waals surface area contributed by atoms with Gasteiger partial charge in [0.1, 0.15) is 23.6 Å². The largest absolute Gasteiger partial charge is 0.497 e. The fourth-order valence-electron chi connectivity index (χ4n) is 4.00. The number of aliphatic hydroxyl groups excluding tert-OH is 1. The zero-order valence-electron chi connectivity index (χ0n) is 19.6. The van der Waals surface area contributed by atoms with Crippen LogP contribution in [-0.4, -0.2) is 46.1 Å². The van der Waals surface area contributed by atoms with Crippen molar-refractivity contribution >= 4 is 5.91 Å². The van der Waals surface area contributed by atoms with Gasteiger partial charge in [0.15, 0.2) is 0 Å². The van der Waals surface area contributed by atoms with Gasteiger partial charge in [-0.05, 0) is 29.8 Å². The van der Waals surface area contributed by atoms with Crippen LogP contribution in [-0.2, 0) is 22.3 Å². The molecule has 2 heterocycles. The summed E-state index contributed by atoms with van der Waals surface area (Å²) in [5.74, 6) is -0.569. The number of hydrogen-bond acceptors (Lipinski definition) is 7. The molecule has 2 aromatic carbocycles. The van der Waals surface area contributed by atoms with Crippen molar-refractivity contribution in [2.45, 2.75) is 37.6 Å². The van der Waals surface area contributed by atoms with Gasteiger partial charge in [-0.2, -0.15) is 17.7 Å². The first-order chi connectivity index (χ1) is 17.6. The van der Waals surface area contributed by atoms with Crippen molar-refractivity contribution in [3.63, 3.8) is 0 Å². The topological polar surface area (TPSA) is 109 Å². The smallest absolute Gasteiger partial charge is 0.423 e. The highest BCUT2D eigenvalue weighted by Gasteiger charge is 2.41. The van der Waals surface area contributed by atoms with E-state index >= 15 is 0 Å². The van der Waals surface area contributed by atoms with Gasteiger partial charge in [0, 0.05) is 18.2 Å². The highest BCUT2D eigenvalue weighted by Crippen LogP contribution is 2.32. The molecule has 4 rings (SSSR count). The Morgan fingerprint density at radius 1 is 1.11 bits per heavy atom. The van der Waals surface area contributed by atoms with Gasteiger partial charge < -0.3 is 19.3 Å². The Kier molecular flexibility index (Phi) is 7.62. The number of alkyl halides is 3. The van der Waals surface area contributed by atoms with Crippen molar-refractivity contribution in [2.75, 3.05) is 13.7 Å². The number of carbonyl (C=O) groups excluding carboxylic acids is 1. The normalized spacial score (nSPS) is 19.6. The highest BCUT2D eigenvalue weighted by molar-refractivity contribution is 5.95. The first kappa shape index (κ1) is 26.3. The molecule has 0 bridgehead atoms. The van der Waals surface area contributed by atoms with E-state index in [1.165, 1.54) is 31.4 Å². The standard InChI is InChI=1S/C25H23F3N2O7/c1-35-17-9-7-15(8-10-17)14-36-19-11-21(37-20(19)13-31)29-12-18(25(26,27)28)23(33)30(24(29)34)22(32)16-5-3-2-4-6-16/h2-10,12,19-21,31H,11,13-14H2,1H3/t19?,20-,21-/m0/s1. The maximum Gasteiger partial charge on any atom is 0.423 e. The molecule has 3 aromatic rings. The van der Waals surface area contributed by atoms with Gasteiger partial charge >= 0.3 is 11.9 Å². The van der Waals surface area contributed by atoms with Crippen LogP contribution >= 0.6 is 0 Å². The minimum atomic E-state index is -5.15. The molecule has 0 saturated carbocycles. The molecule has 9 nitrogen and oxygen atoms in total. The summed E-state index contributed by atoms with van der Waals surface area (Å²) in [6.45, 7) is -0.441. The molecule has 1 fully saturated rings. The van der Waals surface area contributed by atoms with Crippen molar-refractivity contribution in [3.05, 3.63) is 98.3 Å². The maximum atomic E-state index is 13.7. The average molecular weight is 520 g/mol. The monoisotopic (exact) mass is 520 g/mol. The lowest BCUT2D eigenvalue weighted by Gasteiger charge is -2.18. The molecule has 1 aromatic heterocycles. The van der Waals surface area contributed by atoms with E-state index in [4.69, 9.17) is 14.2 Å². The SMILES string of the molecule is COc1ccc(COC2C[C@@H](n3cc(C(F)(F)F)c(=O)n(C(=O)c4ccccc4)c3=O)O[C@H]2CO)cc1. The highest BCUT2D eigenvalue weighted by atomic mass is 19.4. The lowest BCUT2D eigenvalue weighted by atomic mass is 10.1. The molecule has 1 unspecified atom stereocenters. The number of rotatable bonds is 7. The Balaban J connectivity index is 1.67. The minimum absolute atomic E-state index is 0.0546. The summed E-state index contributed by atoms with van der Waals surface area (Å²) >= 11 is 0. The Bertz CT molecular complexity index is 1370. The van der Waals surface area contributed by atoms with E-state index < -0.39 is 53.9 Å². The first-order valence-corrected chi connectivity index (χ1v) is 11.2. The third-order valence-electron chi connectivity index (χ3n) is 5.94. The molecule has 37 heavy (non-hydrogen) atoms. The van der Waals surface area contributed by atoms with Crippen molar-refractivity contribution < 1.29 is 37.3 Å². The zero-order chi connectivity index (χ0) is 26.7. The predicted octanol–water partition coefficient (Wildman–Crippen LogP) is 2.59. The molecule has 1 aliphatic rings. The number of ether oxygens (including phenoxy) is 3. The van der Waals surface area contributed by atoms with Crippen LogP contribution in [0.2, 0.25) is 0 Å². The number of halogens is 3. The molecule has 1 saturated heterocycles. The second-order valence-electron chi connectivity index (χ2n) is 8.29. The van der Waals surface area contributed by atoms with Gasteiger partial charge in [0.25, 0.3) is 11.5 Å². The maximum absolute atomic E-state index is 13.7. The second-order valence-corrected chi connectivity index (χ2v) is 8.29. The summed E-state index contributed by atoms with van der Waals surface area (Å²) in [5.41, 5.74) is -4.17. The molecular weight excluding hydrogens is 497 g/mol.